The predicted molar refractivity (Wildman–Crippen MR) is 87.4 cm³/mol. The molecule has 0 bridgehead atoms. The van der Waals surface area contributed by atoms with Crippen LogP contribution in [0.2, 0.25) is 0 Å². The summed E-state index contributed by atoms with van der Waals surface area (Å²) in [6, 6.07) is 12.1. The molecule has 0 radical (unpaired) electrons. The van der Waals surface area contributed by atoms with Crippen LogP contribution in [0, 0.1) is 10.1 Å². The van der Waals surface area contributed by atoms with Gasteiger partial charge < -0.3 is 10.4 Å². The van der Waals surface area contributed by atoms with Crippen LogP contribution in [0.25, 0.3) is 6.08 Å². The van der Waals surface area contributed by atoms with Crippen molar-refractivity contribution < 1.29 is 19.6 Å². The Morgan fingerprint density at radius 2 is 1.88 bits per heavy atom. The number of hydrogen-bond acceptors (Lipinski definition) is 4. The second-order valence-electron chi connectivity index (χ2n) is 4.91. The third kappa shape index (κ3) is 4.77. The second-order valence-corrected chi connectivity index (χ2v) is 4.91. The normalized spacial score (nSPS) is 10.5. The van der Waals surface area contributed by atoms with Gasteiger partial charge in [0, 0.05) is 24.8 Å². The average molecular weight is 326 g/mol. The molecule has 7 heteroatoms. The van der Waals surface area contributed by atoms with Crippen LogP contribution in [0.3, 0.4) is 0 Å². The summed E-state index contributed by atoms with van der Waals surface area (Å²) >= 11 is 0. The summed E-state index contributed by atoms with van der Waals surface area (Å²) in [5.41, 5.74) is 1.44. The van der Waals surface area contributed by atoms with Crippen molar-refractivity contribution in [2.45, 2.75) is 6.54 Å². The number of nitro groups is 1. The van der Waals surface area contributed by atoms with Crippen LogP contribution >= 0.6 is 0 Å². The Morgan fingerprint density at radius 1 is 1.17 bits per heavy atom. The van der Waals surface area contributed by atoms with E-state index >= 15 is 0 Å². The van der Waals surface area contributed by atoms with Crippen LogP contribution in [0.15, 0.2) is 54.6 Å². The smallest absolute Gasteiger partial charge is 0.335 e. The monoisotopic (exact) mass is 326 g/mol. The molecule has 0 aliphatic rings. The van der Waals surface area contributed by atoms with Gasteiger partial charge in [-0.2, -0.15) is 0 Å². The van der Waals surface area contributed by atoms with Crippen molar-refractivity contribution in [1.82, 2.24) is 5.32 Å². The highest BCUT2D eigenvalue weighted by molar-refractivity contribution is 5.91. The number of benzene rings is 2. The van der Waals surface area contributed by atoms with Gasteiger partial charge in [0.2, 0.25) is 5.91 Å². The SMILES string of the molecule is O=C(/C=C/c1cccc([N+](=O)[O-])c1)NCc1ccc(C(=O)O)cc1. The Morgan fingerprint density at radius 3 is 2.50 bits per heavy atom. The van der Waals surface area contributed by atoms with Crippen molar-refractivity contribution in [3.8, 4) is 0 Å². The van der Waals surface area contributed by atoms with Crippen LogP contribution in [0.5, 0.6) is 0 Å². The zero-order valence-corrected chi connectivity index (χ0v) is 12.5. The predicted octanol–water partition coefficient (Wildman–Crippen LogP) is 2.62. The highest BCUT2D eigenvalue weighted by Gasteiger charge is 2.05. The minimum absolute atomic E-state index is 0.0453. The van der Waals surface area contributed by atoms with E-state index < -0.39 is 10.9 Å². The summed E-state index contributed by atoms with van der Waals surface area (Å²) in [6.45, 7) is 0.248. The fourth-order valence-corrected chi connectivity index (χ4v) is 1.93. The number of amides is 1. The number of rotatable bonds is 6. The molecule has 2 aromatic carbocycles. The molecule has 0 saturated heterocycles. The van der Waals surface area contributed by atoms with E-state index in [1.54, 1.807) is 24.3 Å². The molecular formula is C17H14N2O5. The number of carboxylic acids is 1. The number of nitrogens with zero attached hydrogens (tertiary/aromatic N) is 1. The lowest BCUT2D eigenvalue weighted by molar-refractivity contribution is -0.384. The number of carboxylic acid groups (broad SMARTS) is 1. The van der Waals surface area contributed by atoms with Crippen molar-refractivity contribution >= 4 is 23.6 Å². The van der Waals surface area contributed by atoms with Crippen LogP contribution in [-0.2, 0) is 11.3 Å². The minimum Gasteiger partial charge on any atom is -0.478 e. The number of carbonyl (C=O) groups excluding carboxylic acids is 1. The van der Waals surface area contributed by atoms with Gasteiger partial charge in [-0.25, -0.2) is 4.79 Å². The first kappa shape index (κ1) is 16.9. The number of non-ortho nitro benzene ring substituents is 1. The molecule has 2 aromatic rings. The Bertz CT molecular complexity index is 797. The quantitative estimate of drug-likeness (QED) is 0.482. The summed E-state index contributed by atoms with van der Waals surface area (Å²) in [5.74, 6) is -1.37. The molecule has 0 heterocycles. The Labute approximate surface area is 137 Å². The topological polar surface area (TPSA) is 110 Å². The van der Waals surface area contributed by atoms with Crippen LogP contribution in [-0.4, -0.2) is 21.9 Å². The second kappa shape index (κ2) is 7.68. The fraction of sp³-hybridized carbons (Fsp3) is 0.0588. The summed E-state index contributed by atoms with van der Waals surface area (Å²) in [6.07, 6.45) is 2.76. The van der Waals surface area contributed by atoms with E-state index in [4.69, 9.17) is 5.11 Å². The van der Waals surface area contributed by atoms with Gasteiger partial charge in [-0.15, -0.1) is 0 Å². The maximum atomic E-state index is 11.8. The fourth-order valence-electron chi connectivity index (χ4n) is 1.93. The van der Waals surface area contributed by atoms with Gasteiger partial charge in [-0.3, -0.25) is 14.9 Å². The van der Waals surface area contributed by atoms with Gasteiger partial charge >= 0.3 is 5.97 Å². The largest absolute Gasteiger partial charge is 0.478 e. The number of carbonyl (C=O) groups is 2. The van der Waals surface area contributed by atoms with Gasteiger partial charge in [0.15, 0.2) is 0 Å². The first-order valence-electron chi connectivity index (χ1n) is 6.98. The molecule has 122 valence electrons. The van der Waals surface area contributed by atoms with Gasteiger partial charge in [0.1, 0.15) is 0 Å². The molecular weight excluding hydrogens is 312 g/mol. The van der Waals surface area contributed by atoms with Gasteiger partial charge in [0.05, 0.1) is 10.5 Å². The van der Waals surface area contributed by atoms with Crippen LogP contribution in [0.1, 0.15) is 21.5 Å². The lowest BCUT2D eigenvalue weighted by atomic mass is 10.1. The number of nitrogens with one attached hydrogen (secondary N) is 1. The van der Waals surface area contributed by atoms with Gasteiger partial charge in [0.25, 0.3) is 5.69 Å². The summed E-state index contributed by atoms with van der Waals surface area (Å²) in [7, 11) is 0. The summed E-state index contributed by atoms with van der Waals surface area (Å²) in [5, 5.41) is 22.1. The molecule has 0 aromatic heterocycles. The highest BCUT2D eigenvalue weighted by atomic mass is 16.6. The van der Waals surface area contributed by atoms with Crippen molar-refractivity contribution in [2.24, 2.45) is 0 Å². The van der Waals surface area contributed by atoms with Crippen molar-refractivity contribution in [2.75, 3.05) is 0 Å². The van der Waals surface area contributed by atoms with Crippen LogP contribution < -0.4 is 5.32 Å². The molecule has 0 atom stereocenters. The number of nitro benzene ring substituents is 1. The van der Waals surface area contributed by atoms with E-state index in [9.17, 15) is 19.7 Å². The third-order valence-corrected chi connectivity index (χ3v) is 3.18. The Hall–Kier alpha value is -3.48. The molecule has 0 fully saturated rings. The maximum Gasteiger partial charge on any atom is 0.335 e. The molecule has 0 spiro atoms. The Balaban J connectivity index is 1.92. The van der Waals surface area contributed by atoms with Crippen LogP contribution in [0.4, 0.5) is 5.69 Å². The summed E-state index contributed by atoms with van der Waals surface area (Å²) in [4.78, 5) is 32.7. The molecule has 0 saturated carbocycles. The zero-order chi connectivity index (χ0) is 17.5. The van der Waals surface area contributed by atoms with E-state index in [0.29, 0.717) is 5.56 Å². The molecule has 24 heavy (non-hydrogen) atoms. The third-order valence-electron chi connectivity index (χ3n) is 3.18. The standard InChI is InChI=1S/C17H14N2O5/c20-16(9-6-12-2-1-3-15(10-12)19(23)24)18-11-13-4-7-14(8-5-13)17(21)22/h1-10H,11H2,(H,18,20)(H,21,22)/b9-6+. The van der Waals surface area contributed by atoms with Gasteiger partial charge in [-0.05, 0) is 29.3 Å². The number of hydrogen-bond donors (Lipinski definition) is 2. The molecule has 0 aliphatic carbocycles. The first-order chi connectivity index (χ1) is 11.5. The minimum atomic E-state index is -1.01. The zero-order valence-electron chi connectivity index (χ0n) is 12.5. The first-order valence-corrected chi connectivity index (χ1v) is 6.98. The van der Waals surface area contributed by atoms with Crippen molar-refractivity contribution in [1.29, 1.82) is 0 Å². The van der Waals surface area contributed by atoms with E-state index in [0.717, 1.165) is 5.56 Å². The Kier molecular flexibility index (Phi) is 5.40. The molecule has 0 unspecified atom stereocenters. The molecule has 1 amide bonds. The van der Waals surface area contributed by atoms with E-state index in [-0.39, 0.29) is 23.7 Å². The average Bonchev–Trinajstić information content (AvgIpc) is 2.58. The lowest BCUT2D eigenvalue weighted by Gasteiger charge is -2.03. The van der Waals surface area contributed by atoms with Crippen molar-refractivity contribution in [3.63, 3.8) is 0 Å². The van der Waals surface area contributed by atoms with Gasteiger partial charge in [-0.1, -0.05) is 24.3 Å². The van der Waals surface area contributed by atoms with E-state index in [1.165, 1.54) is 36.4 Å². The summed E-state index contributed by atoms with van der Waals surface area (Å²) < 4.78 is 0. The molecule has 2 N–H and O–H groups in total. The van der Waals surface area contributed by atoms with E-state index in [2.05, 4.69) is 5.32 Å². The van der Waals surface area contributed by atoms with Crippen molar-refractivity contribution in [3.05, 3.63) is 81.4 Å². The molecule has 2 rings (SSSR count). The number of aromatic carboxylic acids is 1. The molecule has 7 nitrogen and oxygen atoms in total. The lowest BCUT2D eigenvalue weighted by Crippen LogP contribution is -2.20. The van der Waals surface area contributed by atoms with E-state index in [1.807, 2.05) is 0 Å². The highest BCUT2D eigenvalue weighted by Crippen LogP contribution is 2.14. The maximum absolute atomic E-state index is 11.8. The molecule has 0 aliphatic heterocycles.